The van der Waals surface area contributed by atoms with E-state index in [2.05, 4.69) is 25.5 Å². The van der Waals surface area contributed by atoms with E-state index in [-0.39, 0.29) is 41.9 Å². The maximum absolute atomic E-state index is 13.0. The Labute approximate surface area is 188 Å². The predicted molar refractivity (Wildman–Crippen MR) is 120 cm³/mol. The van der Waals surface area contributed by atoms with E-state index in [1.807, 2.05) is 6.92 Å². The van der Waals surface area contributed by atoms with Gasteiger partial charge in [-0.05, 0) is 19.8 Å². The number of ether oxygens (including phenoxy) is 1. The van der Waals surface area contributed by atoms with Crippen LogP contribution >= 0.6 is 24.0 Å². The predicted octanol–water partition coefficient (Wildman–Crippen LogP) is 2.99. The lowest BCUT2D eigenvalue weighted by Crippen LogP contribution is -2.60. The molecular formula is C19H33F2IN6O. The molecule has 2 heterocycles. The first-order valence-corrected chi connectivity index (χ1v) is 10.3. The summed E-state index contributed by atoms with van der Waals surface area (Å²) in [5, 5.41) is 6.70. The molecule has 1 aliphatic carbocycles. The van der Waals surface area contributed by atoms with E-state index in [1.165, 1.54) is 31.7 Å². The number of hydrogen-bond acceptors (Lipinski definition) is 4. The molecule has 1 aromatic heterocycles. The van der Waals surface area contributed by atoms with Crippen molar-refractivity contribution in [2.45, 2.75) is 57.7 Å². The second kappa shape index (κ2) is 12.0. The zero-order valence-corrected chi connectivity index (χ0v) is 19.4. The second-order valence-electron chi connectivity index (χ2n) is 7.46. The van der Waals surface area contributed by atoms with Crippen LogP contribution in [-0.2, 0) is 11.3 Å². The molecule has 2 aliphatic rings. The lowest BCUT2D eigenvalue weighted by molar-refractivity contribution is -0.0352. The summed E-state index contributed by atoms with van der Waals surface area (Å²) in [4.78, 5) is 11.1. The fourth-order valence-corrected chi connectivity index (χ4v) is 4.24. The Kier molecular flexibility index (Phi) is 10.0. The molecule has 0 unspecified atom stereocenters. The van der Waals surface area contributed by atoms with Gasteiger partial charge in [0.15, 0.2) is 5.96 Å². The van der Waals surface area contributed by atoms with Crippen molar-refractivity contribution < 1.29 is 13.5 Å². The summed E-state index contributed by atoms with van der Waals surface area (Å²) < 4.78 is 32.4. The summed E-state index contributed by atoms with van der Waals surface area (Å²) in [7, 11) is 0. The van der Waals surface area contributed by atoms with Gasteiger partial charge in [-0.1, -0.05) is 19.3 Å². The van der Waals surface area contributed by atoms with Crippen LogP contribution in [0.15, 0.2) is 17.4 Å². The minimum absolute atomic E-state index is 0. The van der Waals surface area contributed by atoms with E-state index >= 15 is 0 Å². The number of morpholine rings is 1. The van der Waals surface area contributed by atoms with E-state index in [0.29, 0.717) is 12.5 Å². The van der Waals surface area contributed by atoms with Gasteiger partial charge in [-0.3, -0.25) is 9.47 Å². The Morgan fingerprint density at radius 2 is 1.97 bits per heavy atom. The number of hydrogen-bond donors (Lipinski definition) is 2. The molecule has 0 bridgehead atoms. The van der Waals surface area contributed by atoms with Crippen molar-refractivity contribution in [2.24, 2.45) is 4.99 Å². The topological polar surface area (TPSA) is 66.7 Å². The molecule has 0 amide bonds. The molecule has 1 saturated carbocycles. The van der Waals surface area contributed by atoms with Gasteiger partial charge in [0.2, 0.25) is 0 Å². The highest BCUT2D eigenvalue weighted by molar-refractivity contribution is 14.0. The molecular weight excluding hydrogens is 493 g/mol. The second-order valence-corrected chi connectivity index (χ2v) is 7.46. The van der Waals surface area contributed by atoms with E-state index in [4.69, 9.17) is 4.74 Å². The fraction of sp³-hybridized carbons (Fsp3) is 0.789. The van der Waals surface area contributed by atoms with Gasteiger partial charge in [0, 0.05) is 44.1 Å². The van der Waals surface area contributed by atoms with Crippen LogP contribution in [0.5, 0.6) is 0 Å². The smallest absolute Gasteiger partial charge is 0.319 e. The number of alkyl halides is 2. The number of nitrogens with one attached hydrogen (secondary N) is 2. The minimum Gasteiger partial charge on any atom is -0.379 e. The number of imidazole rings is 1. The standard InChI is InChI=1S/C19H32F2N6O.HI/c1-2-22-18(24-14-16-23-8-9-27(16)17(20)21)25-15-19(6-4-3-5-7-19)26-10-12-28-13-11-26;/h8-9,17H,2-7,10-15H2,1H3,(H2,22,24,25);1H. The highest BCUT2D eigenvalue weighted by atomic mass is 127. The Balaban J connectivity index is 0.00000300. The third-order valence-electron chi connectivity index (χ3n) is 5.73. The molecule has 0 radical (unpaired) electrons. The van der Waals surface area contributed by atoms with Crippen LogP contribution in [0.2, 0.25) is 0 Å². The van der Waals surface area contributed by atoms with Gasteiger partial charge in [0.05, 0.1) is 13.2 Å². The fourth-order valence-electron chi connectivity index (χ4n) is 4.24. The summed E-state index contributed by atoms with van der Waals surface area (Å²) in [5.74, 6) is 0.900. The van der Waals surface area contributed by atoms with Crippen LogP contribution in [0.4, 0.5) is 8.78 Å². The highest BCUT2D eigenvalue weighted by Crippen LogP contribution is 2.33. The summed E-state index contributed by atoms with van der Waals surface area (Å²) in [6.07, 6.45) is 8.75. The van der Waals surface area contributed by atoms with Crippen molar-refractivity contribution >= 4 is 29.9 Å². The lowest BCUT2D eigenvalue weighted by Gasteiger charge is -2.48. The number of guanidine groups is 1. The van der Waals surface area contributed by atoms with Crippen molar-refractivity contribution in [3.63, 3.8) is 0 Å². The maximum Gasteiger partial charge on any atom is 0.319 e. The first-order valence-electron chi connectivity index (χ1n) is 10.3. The average Bonchev–Trinajstić information content (AvgIpc) is 3.20. The highest BCUT2D eigenvalue weighted by Gasteiger charge is 2.38. The van der Waals surface area contributed by atoms with Crippen molar-refractivity contribution in [1.29, 1.82) is 0 Å². The Morgan fingerprint density at radius 1 is 1.24 bits per heavy atom. The zero-order chi connectivity index (χ0) is 19.8. The molecule has 2 N–H and O–H groups in total. The third-order valence-corrected chi connectivity index (χ3v) is 5.73. The number of rotatable bonds is 7. The van der Waals surface area contributed by atoms with E-state index in [0.717, 1.165) is 50.3 Å². The minimum atomic E-state index is -2.60. The van der Waals surface area contributed by atoms with Gasteiger partial charge in [0.1, 0.15) is 12.4 Å². The summed E-state index contributed by atoms with van der Waals surface area (Å²) in [6, 6.07) is 0. The quantitative estimate of drug-likeness (QED) is 0.325. The molecule has 3 rings (SSSR count). The SMILES string of the molecule is CCNC(=NCc1nccn1C(F)F)NCC1(N2CCOCC2)CCCCC1.I. The van der Waals surface area contributed by atoms with E-state index in [1.54, 1.807) is 0 Å². The monoisotopic (exact) mass is 526 g/mol. The van der Waals surface area contributed by atoms with E-state index < -0.39 is 6.55 Å². The van der Waals surface area contributed by atoms with Crippen LogP contribution in [0, 0.1) is 0 Å². The first-order chi connectivity index (χ1) is 13.6. The molecule has 1 aromatic rings. The molecule has 166 valence electrons. The van der Waals surface area contributed by atoms with Gasteiger partial charge in [-0.15, -0.1) is 24.0 Å². The number of halogens is 3. The van der Waals surface area contributed by atoms with Crippen LogP contribution in [0.3, 0.4) is 0 Å². The van der Waals surface area contributed by atoms with Crippen molar-refractivity contribution in [2.75, 3.05) is 39.4 Å². The number of aliphatic imine (C=N–C) groups is 1. The summed E-state index contributed by atoms with van der Waals surface area (Å²) >= 11 is 0. The van der Waals surface area contributed by atoms with Gasteiger partial charge < -0.3 is 15.4 Å². The molecule has 0 spiro atoms. The molecule has 7 nitrogen and oxygen atoms in total. The molecule has 10 heteroatoms. The summed E-state index contributed by atoms with van der Waals surface area (Å²) in [6.45, 7) is 4.49. The third kappa shape index (κ3) is 6.48. The van der Waals surface area contributed by atoms with Gasteiger partial charge in [-0.25, -0.2) is 9.98 Å². The number of aromatic nitrogens is 2. The molecule has 0 aromatic carbocycles. The van der Waals surface area contributed by atoms with Gasteiger partial charge in [0.25, 0.3) is 0 Å². The maximum atomic E-state index is 13.0. The molecule has 1 aliphatic heterocycles. The van der Waals surface area contributed by atoms with E-state index in [9.17, 15) is 8.78 Å². The Bertz CT molecular complexity index is 630. The largest absolute Gasteiger partial charge is 0.379 e. The lowest BCUT2D eigenvalue weighted by atomic mass is 9.80. The van der Waals surface area contributed by atoms with Crippen LogP contribution < -0.4 is 10.6 Å². The first kappa shape index (κ1) is 24.3. The molecule has 2 fully saturated rings. The summed E-state index contributed by atoms with van der Waals surface area (Å²) in [5.41, 5.74) is 0.111. The zero-order valence-electron chi connectivity index (χ0n) is 17.1. The van der Waals surface area contributed by atoms with Crippen LogP contribution in [0.25, 0.3) is 0 Å². The van der Waals surface area contributed by atoms with Crippen molar-refractivity contribution in [1.82, 2.24) is 25.1 Å². The molecule has 0 atom stereocenters. The molecule has 29 heavy (non-hydrogen) atoms. The number of nitrogens with zero attached hydrogens (tertiary/aromatic N) is 4. The molecule has 1 saturated heterocycles. The Morgan fingerprint density at radius 3 is 2.62 bits per heavy atom. The van der Waals surface area contributed by atoms with Gasteiger partial charge in [-0.2, -0.15) is 8.78 Å². The van der Waals surface area contributed by atoms with Crippen molar-refractivity contribution in [3.05, 3.63) is 18.2 Å². The van der Waals surface area contributed by atoms with Crippen molar-refractivity contribution in [3.8, 4) is 0 Å². The Hall–Kier alpha value is -1.01. The van der Waals surface area contributed by atoms with Gasteiger partial charge >= 0.3 is 6.55 Å². The average molecular weight is 526 g/mol. The van der Waals surface area contributed by atoms with Crippen LogP contribution in [-0.4, -0.2) is 65.3 Å². The normalized spacial score (nSPS) is 20.3. The van der Waals surface area contributed by atoms with Crippen LogP contribution in [0.1, 0.15) is 51.4 Å².